The SMILES string of the molecule is COc1ccc(C2(Cc3ccncc3)C(=O)c3ccc(OC(=O)C4CCN(C5CCNCC5)CC4)cc3C2=O)cc1OC1CCCC1. The van der Waals surface area contributed by atoms with Gasteiger partial charge in [-0.15, -0.1) is 0 Å². The van der Waals surface area contributed by atoms with E-state index in [0.29, 0.717) is 28.7 Å². The van der Waals surface area contributed by atoms with Crippen molar-refractivity contribution in [2.75, 3.05) is 33.3 Å². The Bertz CT molecular complexity index is 1620. The van der Waals surface area contributed by atoms with Crippen LogP contribution in [-0.4, -0.2) is 72.9 Å². The number of ketones is 2. The van der Waals surface area contributed by atoms with Crippen LogP contribution < -0.4 is 19.5 Å². The molecule has 1 atom stereocenters. The zero-order valence-electron chi connectivity index (χ0n) is 27.0. The number of piperidine rings is 2. The van der Waals surface area contributed by atoms with E-state index in [1.165, 1.54) is 0 Å². The molecule has 9 heteroatoms. The van der Waals surface area contributed by atoms with Gasteiger partial charge in [-0.25, -0.2) is 0 Å². The summed E-state index contributed by atoms with van der Waals surface area (Å²) in [6, 6.07) is 14.5. The minimum absolute atomic E-state index is 0.0662. The summed E-state index contributed by atoms with van der Waals surface area (Å²) in [5, 5.41) is 3.42. The van der Waals surface area contributed by atoms with Crippen LogP contribution in [0.5, 0.6) is 17.2 Å². The van der Waals surface area contributed by atoms with Crippen molar-refractivity contribution in [1.29, 1.82) is 0 Å². The summed E-state index contributed by atoms with van der Waals surface area (Å²) in [5.41, 5.74) is 0.435. The molecule has 9 nitrogen and oxygen atoms in total. The monoisotopic (exact) mass is 637 g/mol. The lowest BCUT2D eigenvalue weighted by molar-refractivity contribution is -0.140. The van der Waals surface area contributed by atoms with Crippen molar-refractivity contribution < 1.29 is 28.6 Å². The molecule has 0 radical (unpaired) electrons. The van der Waals surface area contributed by atoms with Gasteiger partial charge in [-0.3, -0.25) is 19.4 Å². The minimum Gasteiger partial charge on any atom is -0.493 e. The molecule has 1 N–H and O–H groups in total. The second kappa shape index (κ2) is 13.6. The lowest BCUT2D eigenvalue weighted by Gasteiger charge is -2.38. The number of nitrogens with one attached hydrogen (secondary N) is 1. The van der Waals surface area contributed by atoms with Crippen molar-refractivity contribution in [1.82, 2.24) is 15.2 Å². The Labute approximate surface area is 276 Å². The highest BCUT2D eigenvalue weighted by Crippen LogP contribution is 2.46. The first-order valence-electron chi connectivity index (χ1n) is 17.1. The highest BCUT2D eigenvalue weighted by molar-refractivity contribution is 6.33. The minimum atomic E-state index is -1.52. The lowest BCUT2D eigenvalue weighted by Crippen LogP contribution is -2.47. The highest BCUT2D eigenvalue weighted by atomic mass is 16.5. The van der Waals surface area contributed by atoms with Crippen LogP contribution in [0.2, 0.25) is 0 Å². The summed E-state index contributed by atoms with van der Waals surface area (Å²) >= 11 is 0. The molecule has 2 saturated heterocycles. The van der Waals surface area contributed by atoms with Gasteiger partial charge in [-0.2, -0.15) is 0 Å². The summed E-state index contributed by atoms with van der Waals surface area (Å²) in [6.07, 6.45) is 11.5. The molecule has 1 saturated carbocycles. The van der Waals surface area contributed by atoms with Gasteiger partial charge in [0.2, 0.25) is 0 Å². The standard InChI is InChI=1S/C38H43N3O6/c1-45-33-9-6-27(22-34(33)46-29-4-2-3-5-29)38(24-25-10-16-39-17-11-25)35(42)31-8-7-30(23-32(31)36(38)43)47-37(44)26-14-20-41(21-15-26)28-12-18-40-19-13-28/h6-11,16-17,22-23,26,28-29,40H,2-5,12-15,18-21,24H2,1H3. The number of methoxy groups -OCH3 is 1. The number of fused-ring (bicyclic) bond motifs is 1. The molecule has 246 valence electrons. The van der Waals surface area contributed by atoms with Gasteiger partial charge < -0.3 is 24.4 Å². The molecule has 7 rings (SSSR count). The summed E-state index contributed by atoms with van der Waals surface area (Å²) in [6.45, 7) is 3.86. The van der Waals surface area contributed by atoms with E-state index in [1.54, 1.807) is 55.9 Å². The van der Waals surface area contributed by atoms with Gasteiger partial charge in [0.1, 0.15) is 11.2 Å². The van der Waals surface area contributed by atoms with Gasteiger partial charge in [-0.05, 0) is 138 Å². The molecule has 3 fully saturated rings. The number of likely N-dealkylation sites (tertiary alicyclic amines) is 1. The van der Waals surface area contributed by atoms with Gasteiger partial charge in [0.15, 0.2) is 23.1 Å². The largest absolute Gasteiger partial charge is 0.493 e. The van der Waals surface area contributed by atoms with Gasteiger partial charge in [-0.1, -0.05) is 6.07 Å². The van der Waals surface area contributed by atoms with Crippen LogP contribution >= 0.6 is 0 Å². The summed E-state index contributed by atoms with van der Waals surface area (Å²) in [7, 11) is 1.59. The van der Waals surface area contributed by atoms with Crippen molar-refractivity contribution >= 4 is 17.5 Å². The Morgan fingerprint density at radius 3 is 2.32 bits per heavy atom. The summed E-state index contributed by atoms with van der Waals surface area (Å²) in [5.74, 6) is 0.305. The number of ether oxygens (including phenoxy) is 3. The van der Waals surface area contributed by atoms with E-state index < -0.39 is 5.41 Å². The maximum atomic E-state index is 14.6. The molecule has 2 aromatic carbocycles. The number of hydrogen-bond acceptors (Lipinski definition) is 9. The van der Waals surface area contributed by atoms with E-state index in [2.05, 4.69) is 15.2 Å². The summed E-state index contributed by atoms with van der Waals surface area (Å²) in [4.78, 5) is 49.0. The maximum absolute atomic E-state index is 14.6. The summed E-state index contributed by atoms with van der Waals surface area (Å²) < 4.78 is 17.9. The van der Waals surface area contributed by atoms with Crippen LogP contribution in [0.1, 0.15) is 83.2 Å². The van der Waals surface area contributed by atoms with E-state index in [4.69, 9.17) is 14.2 Å². The van der Waals surface area contributed by atoms with Crippen molar-refractivity contribution in [3.63, 3.8) is 0 Å². The molecule has 2 aliphatic carbocycles. The molecule has 0 bridgehead atoms. The quantitative estimate of drug-likeness (QED) is 0.189. The Hall–Kier alpha value is -4.08. The van der Waals surface area contributed by atoms with E-state index in [1.807, 2.05) is 12.1 Å². The van der Waals surface area contributed by atoms with Crippen LogP contribution in [0.15, 0.2) is 60.9 Å². The fourth-order valence-corrected chi connectivity index (χ4v) is 7.96. The Morgan fingerprint density at radius 2 is 1.60 bits per heavy atom. The van der Waals surface area contributed by atoms with Gasteiger partial charge >= 0.3 is 5.97 Å². The number of rotatable bonds is 9. The zero-order valence-corrected chi connectivity index (χ0v) is 27.0. The van der Waals surface area contributed by atoms with Crippen LogP contribution in [0, 0.1) is 5.92 Å². The number of nitrogens with zero attached hydrogens (tertiary/aromatic N) is 2. The molecular formula is C38H43N3O6. The number of hydrogen-bond donors (Lipinski definition) is 1. The molecule has 2 aliphatic heterocycles. The molecule has 0 amide bonds. The second-order valence-electron chi connectivity index (χ2n) is 13.4. The smallest absolute Gasteiger partial charge is 0.314 e. The van der Waals surface area contributed by atoms with Gasteiger partial charge in [0.25, 0.3) is 0 Å². The number of carbonyl (C=O) groups is 3. The molecule has 1 aromatic heterocycles. The Balaban J connectivity index is 1.15. The predicted octanol–water partition coefficient (Wildman–Crippen LogP) is 5.34. The molecule has 0 spiro atoms. The normalized spacial score (nSPS) is 22.7. The first kappa shape index (κ1) is 31.5. The van der Waals surface area contributed by atoms with Crippen LogP contribution in [0.4, 0.5) is 0 Å². The Kier molecular flexibility index (Phi) is 9.10. The molecule has 3 aromatic rings. The van der Waals surface area contributed by atoms with Crippen molar-refractivity contribution in [2.24, 2.45) is 5.92 Å². The lowest BCUT2D eigenvalue weighted by atomic mass is 9.71. The third-order valence-electron chi connectivity index (χ3n) is 10.6. The average Bonchev–Trinajstić information content (AvgIpc) is 3.70. The fraction of sp³-hybridized carbons (Fsp3) is 0.474. The Morgan fingerprint density at radius 1 is 0.872 bits per heavy atom. The fourth-order valence-electron chi connectivity index (χ4n) is 7.96. The number of carbonyl (C=O) groups excluding carboxylic acids is 3. The first-order chi connectivity index (χ1) is 23.0. The maximum Gasteiger partial charge on any atom is 0.314 e. The number of Topliss-reactive ketones (excluding diaryl/α,β-unsaturated/α-hetero) is 2. The molecule has 4 aliphatic rings. The third kappa shape index (κ3) is 6.19. The van der Waals surface area contributed by atoms with E-state index in [-0.39, 0.29) is 47.3 Å². The molecule has 3 heterocycles. The zero-order chi connectivity index (χ0) is 32.4. The predicted molar refractivity (Wildman–Crippen MR) is 176 cm³/mol. The molecular weight excluding hydrogens is 594 g/mol. The van der Waals surface area contributed by atoms with Gasteiger partial charge in [0, 0.05) is 29.6 Å². The van der Waals surface area contributed by atoms with Gasteiger partial charge in [0.05, 0.1) is 19.1 Å². The van der Waals surface area contributed by atoms with Crippen LogP contribution in [0.25, 0.3) is 0 Å². The number of aromatic nitrogens is 1. The molecule has 1 unspecified atom stereocenters. The molecule has 47 heavy (non-hydrogen) atoms. The topological polar surface area (TPSA) is 107 Å². The van der Waals surface area contributed by atoms with Crippen molar-refractivity contribution in [3.8, 4) is 17.2 Å². The number of esters is 1. The number of benzene rings is 2. The first-order valence-corrected chi connectivity index (χ1v) is 17.1. The number of pyridine rings is 1. The van der Waals surface area contributed by atoms with Crippen molar-refractivity contribution in [2.45, 2.75) is 75.3 Å². The van der Waals surface area contributed by atoms with E-state index >= 15 is 0 Å². The van der Waals surface area contributed by atoms with Crippen LogP contribution in [-0.2, 0) is 16.6 Å². The van der Waals surface area contributed by atoms with Crippen LogP contribution in [0.3, 0.4) is 0 Å². The van der Waals surface area contributed by atoms with E-state index in [9.17, 15) is 14.4 Å². The average molecular weight is 638 g/mol. The van der Waals surface area contributed by atoms with E-state index in [0.717, 1.165) is 83.1 Å². The highest BCUT2D eigenvalue weighted by Gasteiger charge is 2.54. The third-order valence-corrected chi connectivity index (χ3v) is 10.6. The second-order valence-corrected chi connectivity index (χ2v) is 13.4. The van der Waals surface area contributed by atoms with Crippen molar-refractivity contribution in [3.05, 3.63) is 83.2 Å².